The van der Waals surface area contributed by atoms with Crippen LogP contribution in [0.2, 0.25) is 5.02 Å². The summed E-state index contributed by atoms with van der Waals surface area (Å²) in [6.07, 6.45) is 3.13. The molecule has 4 heteroatoms. The Morgan fingerprint density at radius 3 is 2.63 bits per heavy atom. The average Bonchev–Trinajstić information content (AvgIpc) is 2.63. The Bertz CT molecular complexity index is 456. The molecule has 0 saturated carbocycles. The molecule has 0 radical (unpaired) electrons. The van der Waals surface area contributed by atoms with Crippen molar-refractivity contribution >= 4 is 23.3 Å². The molecule has 0 unspecified atom stereocenters. The van der Waals surface area contributed by atoms with Gasteiger partial charge in [0, 0.05) is 37.4 Å². The predicted octanol–water partition coefficient (Wildman–Crippen LogP) is 2.85. The number of carbonyl (C=O) groups excluding carboxylic acids is 2. The van der Waals surface area contributed by atoms with Gasteiger partial charge in [-0.3, -0.25) is 9.59 Å². The third-order valence-electron chi connectivity index (χ3n) is 3.44. The van der Waals surface area contributed by atoms with E-state index in [1.807, 2.05) is 29.2 Å². The van der Waals surface area contributed by atoms with Crippen molar-refractivity contribution in [3.05, 3.63) is 34.9 Å². The number of Topliss-reactive ketones (excluding diaryl/α,β-unsaturated/α-hetero) is 1. The van der Waals surface area contributed by atoms with Crippen LogP contribution in [0.3, 0.4) is 0 Å². The Hall–Kier alpha value is -1.35. The third-order valence-corrected chi connectivity index (χ3v) is 3.69. The van der Waals surface area contributed by atoms with Crippen LogP contribution in [0, 0.1) is 0 Å². The minimum Gasteiger partial charge on any atom is -0.342 e. The molecule has 0 atom stereocenters. The average molecular weight is 280 g/mol. The lowest BCUT2D eigenvalue weighted by atomic mass is 10.1. The number of carbonyl (C=O) groups is 2. The van der Waals surface area contributed by atoms with Gasteiger partial charge in [0.1, 0.15) is 5.78 Å². The van der Waals surface area contributed by atoms with Crippen LogP contribution in [-0.2, 0) is 16.0 Å². The Balaban J connectivity index is 1.83. The second-order valence-corrected chi connectivity index (χ2v) is 5.34. The van der Waals surface area contributed by atoms with Gasteiger partial charge in [0.2, 0.25) is 5.91 Å². The van der Waals surface area contributed by atoms with Crippen molar-refractivity contribution in [3.8, 4) is 0 Å². The van der Waals surface area contributed by atoms with Gasteiger partial charge in [-0.25, -0.2) is 0 Å². The Morgan fingerprint density at radius 2 is 1.89 bits per heavy atom. The quantitative estimate of drug-likeness (QED) is 0.853. The van der Waals surface area contributed by atoms with E-state index in [1.54, 1.807) is 0 Å². The molecule has 1 saturated heterocycles. The zero-order chi connectivity index (χ0) is 13.7. The first kappa shape index (κ1) is 14.1. The lowest BCUT2D eigenvalue weighted by Crippen LogP contribution is -2.32. The summed E-state index contributed by atoms with van der Waals surface area (Å²) in [5.41, 5.74) is 1.11. The van der Waals surface area contributed by atoms with Gasteiger partial charge in [0.25, 0.3) is 0 Å². The first-order valence-corrected chi connectivity index (χ1v) is 7.07. The Morgan fingerprint density at radius 1 is 1.16 bits per heavy atom. The molecule has 0 aromatic heterocycles. The van der Waals surface area contributed by atoms with E-state index in [2.05, 4.69) is 0 Å². The van der Waals surface area contributed by atoms with E-state index in [4.69, 9.17) is 11.6 Å². The highest BCUT2D eigenvalue weighted by molar-refractivity contribution is 6.30. The molecule has 19 heavy (non-hydrogen) atoms. The van der Waals surface area contributed by atoms with Gasteiger partial charge >= 0.3 is 0 Å². The fourth-order valence-corrected chi connectivity index (χ4v) is 2.40. The maximum Gasteiger partial charge on any atom is 0.222 e. The summed E-state index contributed by atoms with van der Waals surface area (Å²) in [4.78, 5) is 25.2. The standard InChI is InChI=1S/C15H18ClNO2/c16-13-6-3-12(4-7-13)5-8-15(19)17-10-1-2-14(18)9-11-17/h3-4,6-7H,1-2,5,8-11H2. The SMILES string of the molecule is O=C1CCCN(C(=O)CCc2ccc(Cl)cc2)CC1. The number of nitrogens with zero attached hydrogens (tertiary/aromatic N) is 1. The molecule has 1 fully saturated rings. The van der Waals surface area contributed by atoms with Crippen molar-refractivity contribution in [2.45, 2.75) is 32.1 Å². The third kappa shape index (κ3) is 4.35. The van der Waals surface area contributed by atoms with Crippen LogP contribution < -0.4 is 0 Å². The number of rotatable bonds is 3. The van der Waals surface area contributed by atoms with Crippen LogP contribution >= 0.6 is 11.6 Å². The lowest BCUT2D eigenvalue weighted by Gasteiger charge is -2.19. The van der Waals surface area contributed by atoms with Crippen molar-refractivity contribution < 1.29 is 9.59 Å². The molecule has 0 spiro atoms. The Kier molecular flexibility index (Phi) is 4.97. The topological polar surface area (TPSA) is 37.4 Å². The molecule has 3 nitrogen and oxygen atoms in total. The van der Waals surface area contributed by atoms with Crippen molar-refractivity contribution in [2.75, 3.05) is 13.1 Å². The molecular formula is C15H18ClNO2. The molecule has 1 aromatic rings. The van der Waals surface area contributed by atoms with Crippen LogP contribution in [-0.4, -0.2) is 29.7 Å². The van der Waals surface area contributed by atoms with E-state index in [-0.39, 0.29) is 11.7 Å². The molecule has 0 bridgehead atoms. The normalized spacial score (nSPS) is 16.3. The minimum absolute atomic E-state index is 0.143. The van der Waals surface area contributed by atoms with E-state index in [0.717, 1.165) is 18.4 Å². The predicted molar refractivity (Wildman–Crippen MR) is 75.2 cm³/mol. The van der Waals surface area contributed by atoms with Gasteiger partial charge in [0.15, 0.2) is 0 Å². The molecule has 1 amide bonds. The summed E-state index contributed by atoms with van der Waals surface area (Å²) in [6.45, 7) is 1.30. The number of benzene rings is 1. The van der Waals surface area contributed by atoms with Gasteiger partial charge in [-0.1, -0.05) is 23.7 Å². The summed E-state index contributed by atoms with van der Waals surface area (Å²) in [5.74, 6) is 0.414. The van der Waals surface area contributed by atoms with Gasteiger partial charge in [-0.15, -0.1) is 0 Å². The summed E-state index contributed by atoms with van der Waals surface area (Å²) in [6, 6.07) is 7.57. The smallest absolute Gasteiger partial charge is 0.222 e. The summed E-state index contributed by atoms with van der Waals surface area (Å²) in [5, 5.41) is 0.709. The van der Waals surface area contributed by atoms with E-state index >= 15 is 0 Å². The number of halogens is 1. The number of aryl methyl sites for hydroxylation is 1. The summed E-state index contributed by atoms with van der Waals surface area (Å²) in [7, 11) is 0. The molecule has 0 N–H and O–H groups in total. The van der Waals surface area contributed by atoms with Gasteiger partial charge in [0.05, 0.1) is 0 Å². The monoisotopic (exact) mass is 279 g/mol. The molecule has 1 aromatic carbocycles. The molecule has 0 aliphatic carbocycles. The van der Waals surface area contributed by atoms with Crippen molar-refractivity contribution in [1.82, 2.24) is 4.90 Å². The van der Waals surface area contributed by atoms with E-state index in [1.165, 1.54) is 0 Å². The molecular weight excluding hydrogens is 262 g/mol. The van der Waals surface area contributed by atoms with Gasteiger partial charge < -0.3 is 4.90 Å². The van der Waals surface area contributed by atoms with Crippen LogP contribution in [0.15, 0.2) is 24.3 Å². The lowest BCUT2D eigenvalue weighted by molar-refractivity contribution is -0.131. The molecule has 1 aliphatic heterocycles. The summed E-state index contributed by atoms with van der Waals surface area (Å²) < 4.78 is 0. The zero-order valence-corrected chi connectivity index (χ0v) is 11.7. The number of hydrogen-bond acceptors (Lipinski definition) is 2. The van der Waals surface area contributed by atoms with Gasteiger partial charge in [-0.05, 0) is 30.5 Å². The van der Waals surface area contributed by atoms with E-state index in [0.29, 0.717) is 37.4 Å². The number of amides is 1. The largest absolute Gasteiger partial charge is 0.342 e. The second-order valence-electron chi connectivity index (χ2n) is 4.90. The molecule has 102 valence electrons. The van der Waals surface area contributed by atoms with Crippen molar-refractivity contribution in [2.24, 2.45) is 0 Å². The van der Waals surface area contributed by atoms with Crippen LogP contribution in [0.25, 0.3) is 0 Å². The first-order valence-electron chi connectivity index (χ1n) is 6.69. The highest BCUT2D eigenvalue weighted by Gasteiger charge is 2.18. The molecule has 1 aliphatic rings. The van der Waals surface area contributed by atoms with Crippen molar-refractivity contribution in [1.29, 1.82) is 0 Å². The highest BCUT2D eigenvalue weighted by Crippen LogP contribution is 2.13. The van der Waals surface area contributed by atoms with Crippen molar-refractivity contribution in [3.63, 3.8) is 0 Å². The number of hydrogen-bond donors (Lipinski definition) is 0. The van der Waals surface area contributed by atoms with Crippen LogP contribution in [0.5, 0.6) is 0 Å². The second kappa shape index (κ2) is 6.71. The fourth-order valence-electron chi connectivity index (χ4n) is 2.27. The minimum atomic E-state index is 0.143. The summed E-state index contributed by atoms with van der Waals surface area (Å²) >= 11 is 5.82. The maximum absolute atomic E-state index is 12.1. The maximum atomic E-state index is 12.1. The zero-order valence-electron chi connectivity index (χ0n) is 10.9. The van der Waals surface area contributed by atoms with Crippen LogP contribution in [0.4, 0.5) is 0 Å². The molecule has 1 heterocycles. The van der Waals surface area contributed by atoms with Crippen LogP contribution in [0.1, 0.15) is 31.2 Å². The Labute approximate surface area is 118 Å². The number of likely N-dealkylation sites (tertiary alicyclic amines) is 1. The van der Waals surface area contributed by atoms with E-state index < -0.39 is 0 Å². The van der Waals surface area contributed by atoms with E-state index in [9.17, 15) is 9.59 Å². The number of ketones is 1. The highest BCUT2D eigenvalue weighted by atomic mass is 35.5. The molecule has 2 rings (SSSR count). The first-order chi connectivity index (χ1) is 9.15. The van der Waals surface area contributed by atoms with Gasteiger partial charge in [-0.2, -0.15) is 0 Å². The fraction of sp³-hybridized carbons (Fsp3) is 0.467.